The van der Waals surface area contributed by atoms with Crippen LogP contribution in [0.1, 0.15) is 31.7 Å². The molecule has 4 heteroatoms. The van der Waals surface area contributed by atoms with E-state index in [1.807, 2.05) is 12.1 Å². The largest absolute Gasteiger partial charge is 0.399 e. The first kappa shape index (κ1) is 14.8. The van der Waals surface area contributed by atoms with Gasteiger partial charge >= 0.3 is 0 Å². The van der Waals surface area contributed by atoms with Gasteiger partial charge in [0.05, 0.1) is 12.2 Å². The number of hydrogen-bond donors (Lipinski definition) is 1. The van der Waals surface area contributed by atoms with E-state index in [9.17, 15) is 0 Å². The molecule has 0 amide bonds. The Morgan fingerprint density at radius 2 is 2.10 bits per heavy atom. The fraction of sp³-hybridized carbons (Fsp3) is 0.647. The zero-order valence-corrected chi connectivity index (χ0v) is 12.9. The minimum atomic E-state index is -0.0164. The normalized spacial score (nSPS) is 29.3. The van der Waals surface area contributed by atoms with Crippen LogP contribution >= 0.6 is 0 Å². The van der Waals surface area contributed by atoms with Crippen LogP contribution in [0.4, 0.5) is 5.69 Å². The molecule has 3 rings (SSSR count). The van der Waals surface area contributed by atoms with Gasteiger partial charge in [0, 0.05) is 37.9 Å². The minimum absolute atomic E-state index is 0.0164. The van der Waals surface area contributed by atoms with Gasteiger partial charge < -0.3 is 15.2 Å². The predicted molar refractivity (Wildman–Crippen MR) is 84.1 cm³/mol. The average Bonchev–Trinajstić information content (AvgIpc) is 2.94. The minimum Gasteiger partial charge on any atom is -0.399 e. The molecular weight excluding hydrogens is 264 g/mol. The van der Waals surface area contributed by atoms with Crippen LogP contribution < -0.4 is 5.73 Å². The van der Waals surface area contributed by atoms with Crippen molar-refractivity contribution in [1.82, 2.24) is 4.90 Å². The molecule has 0 saturated carbocycles. The molecule has 1 spiro atoms. The number of nitrogens with two attached hydrogens (primary N) is 1. The second kappa shape index (κ2) is 6.34. The topological polar surface area (TPSA) is 47.7 Å². The van der Waals surface area contributed by atoms with Crippen LogP contribution in [-0.2, 0) is 16.0 Å². The number of anilines is 1. The Bertz CT molecular complexity index is 454. The standard InChI is InChI=1S/C17H26N2O2/c1-2-19(12-14-3-5-15(18)6-4-14)16-7-9-21-17(11-16)8-10-20-13-17/h3-6,16H,2,7-13,18H2,1H3. The predicted octanol–water partition coefficient (Wildman–Crippen LogP) is 2.43. The lowest BCUT2D eigenvalue weighted by Crippen LogP contribution is -2.48. The van der Waals surface area contributed by atoms with E-state index >= 15 is 0 Å². The Morgan fingerprint density at radius 3 is 2.76 bits per heavy atom. The highest BCUT2D eigenvalue weighted by Gasteiger charge is 2.42. The molecule has 2 unspecified atom stereocenters. The first-order valence-corrected chi connectivity index (χ1v) is 8.01. The van der Waals surface area contributed by atoms with E-state index in [1.165, 1.54) is 5.56 Å². The molecule has 21 heavy (non-hydrogen) atoms. The van der Waals surface area contributed by atoms with E-state index in [-0.39, 0.29) is 5.60 Å². The van der Waals surface area contributed by atoms with Crippen molar-refractivity contribution >= 4 is 5.69 Å². The molecule has 0 aromatic heterocycles. The van der Waals surface area contributed by atoms with Crippen molar-refractivity contribution in [3.63, 3.8) is 0 Å². The van der Waals surface area contributed by atoms with Gasteiger partial charge in [0.25, 0.3) is 0 Å². The molecule has 2 aliphatic heterocycles. The van der Waals surface area contributed by atoms with Crippen LogP contribution in [0.5, 0.6) is 0 Å². The Balaban J connectivity index is 1.66. The number of nitrogens with zero attached hydrogens (tertiary/aromatic N) is 1. The summed E-state index contributed by atoms with van der Waals surface area (Å²) in [5.74, 6) is 0. The molecular formula is C17H26N2O2. The number of rotatable bonds is 4. The maximum absolute atomic E-state index is 6.05. The summed E-state index contributed by atoms with van der Waals surface area (Å²) < 4.78 is 11.6. The van der Waals surface area contributed by atoms with E-state index in [0.717, 1.165) is 57.9 Å². The first-order chi connectivity index (χ1) is 10.2. The maximum atomic E-state index is 6.05. The number of ether oxygens (including phenoxy) is 2. The summed E-state index contributed by atoms with van der Waals surface area (Å²) in [7, 11) is 0. The lowest BCUT2D eigenvalue weighted by molar-refractivity contribution is -0.107. The van der Waals surface area contributed by atoms with Crippen LogP contribution in [-0.4, -0.2) is 42.9 Å². The second-order valence-electron chi connectivity index (χ2n) is 6.29. The molecule has 2 atom stereocenters. The van der Waals surface area contributed by atoms with E-state index in [0.29, 0.717) is 6.04 Å². The van der Waals surface area contributed by atoms with Gasteiger partial charge in [-0.15, -0.1) is 0 Å². The lowest BCUT2D eigenvalue weighted by atomic mass is 9.88. The Morgan fingerprint density at radius 1 is 1.29 bits per heavy atom. The van der Waals surface area contributed by atoms with Gasteiger partial charge in [0.1, 0.15) is 0 Å². The van der Waals surface area contributed by atoms with Crippen LogP contribution in [0.3, 0.4) is 0 Å². The molecule has 2 saturated heterocycles. The molecule has 1 aromatic carbocycles. The van der Waals surface area contributed by atoms with Gasteiger partial charge in [0.15, 0.2) is 0 Å². The molecule has 4 nitrogen and oxygen atoms in total. The van der Waals surface area contributed by atoms with Gasteiger partial charge in [-0.25, -0.2) is 0 Å². The fourth-order valence-electron chi connectivity index (χ4n) is 3.53. The van der Waals surface area contributed by atoms with Crippen molar-refractivity contribution in [2.45, 2.75) is 44.4 Å². The molecule has 2 heterocycles. The highest BCUT2D eigenvalue weighted by Crippen LogP contribution is 2.35. The SMILES string of the molecule is CCN(Cc1ccc(N)cc1)C1CCOC2(CCOC2)C1. The molecule has 2 aliphatic rings. The third-order valence-electron chi connectivity index (χ3n) is 4.82. The first-order valence-electron chi connectivity index (χ1n) is 8.01. The lowest BCUT2D eigenvalue weighted by Gasteiger charge is -2.42. The zero-order chi connectivity index (χ0) is 14.7. The zero-order valence-electron chi connectivity index (χ0n) is 12.9. The van der Waals surface area contributed by atoms with Gasteiger partial charge in [0.2, 0.25) is 0 Å². The molecule has 2 fully saturated rings. The van der Waals surface area contributed by atoms with Crippen LogP contribution in [0.2, 0.25) is 0 Å². The summed E-state index contributed by atoms with van der Waals surface area (Å²) >= 11 is 0. The Labute approximate surface area is 127 Å². The number of nitrogen functional groups attached to an aromatic ring is 1. The fourth-order valence-corrected chi connectivity index (χ4v) is 3.53. The van der Waals surface area contributed by atoms with Gasteiger partial charge in [-0.1, -0.05) is 19.1 Å². The third-order valence-corrected chi connectivity index (χ3v) is 4.82. The summed E-state index contributed by atoms with van der Waals surface area (Å²) in [5, 5.41) is 0. The quantitative estimate of drug-likeness (QED) is 0.865. The summed E-state index contributed by atoms with van der Waals surface area (Å²) in [4.78, 5) is 2.56. The summed E-state index contributed by atoms with van der Waals surface area (Å²) in [6.45, 7) is 6.75. The molecule has 116 valence electrons. The average molecular weight is 290 g/mol. The Kier molecular flexibility index (Phi) is 4.48. The highest BCUT2D eigenvalue weighted by molar-refractivity contribution is 5.39. The monoisotopic (exact) mass is 290 g/mol. The second-order valence-corrected chi connectivity index (χ2v) is 6.29. The van der Waals surface area contributed by atoms with Crippen molar-refractivity contribution in [3.8, 4) is 0 Å². The Hall–Kier alpha value is -1.10. The van der Waals surface area contributed by atoms with Crippen LogP contribution in [0.25, 0.3) is 0 Å². The van der Waals surface area contributed by atoms with E-state index in [4.69, 9.17) is 15.2 Å². The summed E-state index contributed by atoms with van der Waals surface area (Å²) in [5.41, 5.74) is 7.91. The number of hydrogen-bond acceptors (Lipinski definition) is 4. The molecule has 0 aliphatic carbocycles. The molecule has 0 radical (unpaired) electrons. The van der Waals surface area contributed by atoms with Crippen molar-refractivity contribution in [2.24, 2.45) is 0 Å². The summed E-state index contributed by atoms with van der Waals surface area (Å²) in [6.07, 6.45) is 3.25. The van der Waals surface area contributed by atoms with E-state index in [2.05, 4.69) is 24.0 Å². The van der Waals surface area contributed by atoms with Gasteiger partial charge in [-0.05, 0) is 37.1 Å². The van der Waals surface area contributed by atoms with Gasteiger partial charge in [-0.3, -0.25) is 4.90 Å². The third kappa shape index (κ3) is 3.39. The molecule has 2 N–H and O–H groups in total. The van der Waals surface area contributed by atoms with Crippen molar-refractivity contribution < 1.29 is 9.47 Å². The molecule has 0 bridgehead atoms. The van der Waals surface area contributed by atoms with Crippen molar-refractivity contribution in [2.75, 3.05) is 32.1 Å². The van der Waals surface area contributed by atoms with E-state index < -0.39 is 0 Å². The van der Waals surface area contributed by atoms with Crippen molar-refractivity contribution in [3.05, 3.63) is 29.8 Å². The summed E-state index contributed by atoms with van der Waals surface area (Å²) in [6, 6.07) is 8.82. The highest BCUT2D eigenvalue weighted by atomic mass is 16.6. The van der Waals surface area contributed by atoms with Gasteiger partial charge in [-0.2, -0.15) is 0 Å². The van der Waals surface area contributed by atoms with Crippen molar-refractivity contribution in [1.29, 1.82) is 0 Å². The van der Waals surface area contributed by atoms with E-state index in [1.54, 1.807) is 0 Å². The smallest absolute Gasteiger partial charge is 0.0951 e. The maximum Gasteiger partial charge on any atom is 0.0951 e. The van der Waals surface area contributed by atoms with Crippen LogP contribution in [0, 0.1) is 0 Å². The number of benzene rings is 1. The van der Waals surface area contributed by atoms with Crippen LogP contribution in [0.15, 0.2) is 24.3 Å². The molecule has 1 aromatic rings.